The number of hydrogen-bond acceptors (Lipinski definition) is 4. The Morgan fingerprint density at radius 2 is 1.73 bits per heavy atom. The van der Waals surface area contributed by atoms with Crippen molar-refractivity contribution < 1.29 is 23.2 Å². The van der Waals surface area contributed by atoms with Crippen LogP contribution in [-0.2, 0) is 18.1 Å². The van der Waals surface area contributed by atoms with Crippen LogP contribution in [0.3, 0.4) is 0 Å². The van der Waals surface area contributed by atoms with Crippen molar-refractivity contribution in [1.29, 1.82) is 0 Å². The van der Waals surface area contributed by atoms with Crippen molar-refractivity contribution in [3.05, 3.63) is 11.3 Å². The summed E-state index contributed by atoms with van der Waals surface area (Å²) in [6, 6.07) is 0. The van der Waals surface area contributed by atoms with Gasteiger partial charge in [-0.3, -0.25) is 0 Å². The lowest BCUT2D eigenvalue weighted by Crippen LogP contribution is -2.41. The molecule has 0 saturated heterocycles. The van der Waals surface area contributed by atoms with Gasteiger partial charge >= 0.3 is 14.8 Å². The number of hydrogen-bond donors (Lipinski definition) is 1. The van der Waals surface area contributed by atoms with Crippen molar-refractivity contribution in [3.8, 4) is 0 Å². The molecule has 0 aromatic carbocycles. The topological polar surface area (TPSA) is 65.0 Å². The van der Waals surface area contributed by atoms with Crippen LogP contribution in [0, 0.1) is 0 Å². The Bertz CT molecular complexity index is 226. The highest BCUT2D eigenvalue weighted by Crippen LogP contribution is 2.14. The second-order valence-corrected chi connectivity index (χ2v) is 5.66. The zero-order chi connectivity index (χ0) is 11.9. The van der Waals surface area contributed by atoms with E-state index in [1.54, 1.807) is 0 Å². The molecule has 0 amide bonds. The van der Waals surface area contributed by atoms with E-state index in [4.69, 9.17) is 18.4 Å². The molecule has 0 aliphatic heterocycles. The maximum Gasteiger partial charge on any atom is 0.529 e. The molecule has 0 bridgehead atoms. The van der Waals surface area contributed by atoms with E-state index in [-0.39, 0.29) is 5.57 Å². The summed E-state index contributed by atoms with van der Waals surface area (Å²) in [7, 11) is 1.41. The van der Waals surface area contributed by atoms with Gasteiger partial charge in [0.25, 0.3) is 0 Å². The molecule has 6 heteroatoms. The Labute approximate surface area is 91.0 Å². The van der Waals surface area contributed by atoms with E-state index >= 15 is 0 Å². The van der Waals surface area contributed by atoms with E-state index in [2.05, 4.69) is 0 Å². The molecule has 0 aromatic heterocycles. The van der Waals surface area contributed by atoms with Crippen LogP contribution >= 0.6 is 0 Å². The summed E-state index contributed by atoms with van der Waals surface area (Å²) in [5, 5.41) is 8.94. The minimum absolute atomic E-state index is 0.273. The molecule has 88 valence electrons. The van der Waals surface area contributed by atoms with Gasteiger partial charge in [0, 0.05) is 26.9 Å². The van der Waals surface area contributed by atoms with Crippen LogP contribution in [0.2, 0.25) is 0 Å². The fourth-order valence-electron chi connectivity index (χ4n) is 1.15. The number of rotatable bonds is 7. The molecule has 0 fully saturated rings. The number of carboxylic acids is 1. The highest BCUT2D eigenvalue weighted by atomic mass is 28.4. The maximum absolute atomic E-state index is 10.9. The zero-order valence-electron chi connectivity index (χ0n) is 9.57. The molecule has 0 spiro atoms. The molecule has 0 rings (SSSR count). The molecule has 1 N–H and O–H groups in total. The smallest absolute Gasteiger partial charge is 0.478 e. The monoisotopic (exact) mass is 234 g/mol. The van der Waals surface area contributed by atoms with Crippen molar-refractivity contribution >= 4 is 14.8 Å². The van der Waals surface area contributed by atoms with Crippen LogP contribution in [0.4, 0.5) is 0 Å². The van der Waals surface area contributed by atoms with Gasteiger partial charge in [0.1, 0.15) is 0 Å². The van der Waals surface area contributed by atoms with Crippen LogP contribution in [0.15, 0.2) is 11.3 Å². The summed E-state index contributed by atoms with van der Waals surface area (Å²) in [5.74, 6) is -0.958. The fraction of sp³-hybridized carbons (Fsp3) is 0.667. The first-order valence-electron chi connectivity index (χ1n) is 4.65. The van der Waals surface area contributed by atoms with Gasteiger partial charge in [0.2, 0.25) is 0 Å². The minimum Gasteiger partial charge on any atom is -0.478 e. The maximum atomic E-state index is 10.9. The van der Waals surface area contributed by atoms with E-state index in [1.165, 1.54) is 27.0 Å². The predicted octanol–water partition coefficient (Wildman–Crippen LogP) is 1.21. The Kier molecular flexibility index (Phi) is 6.42. The van der Waals surface area contributed by atoms with Gasteiger partial charge in [0.15, 0.2) is 0 Å². The van der Waals surface area contributed by atoms with Gasteiger partial charge in [-0.15, -0.1) is 0 Å². The average Bonchev–Trinajstić information content (AvgIpc) is 2.24. The summed E-state index contributed by atoms with van der Waals surface area (Å²) in [6.07, 6.45) is 1.22. The molecule has 0 aliphatic rings. The highest BCUT2D eigenvalue weighted by Gasteiger charge is 2.36. The summed E-state index contributed by atoms with van der Waals surface area (Å²) in [4.78, 5) is 10.9. The van der Waals surface area contributed by atoms with E-state index in [9.17, 15) is 4.79 Å². The molecule has 0 aromatic rings. The molecule has 0 radical (unpaired) electrons. The molecule has 0 unspecified atom stereocenters. The molecule has 15 heavy (non-hydrogen) atoms. The minimum atomic E-state index is -2.92. The van der Waals surface area contributed by atoms with Crippen LogP contribution in [0.1, 0.15) is 19.8 Å². The lowest BCUT2D eigenvalue weighted by atomic mass is 10.2. The van der Waals surface area contributed by atoms with E-state index in [0.29, 0.717) is 6.42 Å². The number of aliphatic carboxylic acids is 1. The SMILES string of the molecule is CCCC(=C[Si](OC)(OC)OC)C(=O)O. The summed E-state index contributed by atoms with van der Waals surface area (Å²) >= 11 is 0. The van der Waals surface area contributed by atoms with Crippen LogP contribution in [-0.4, -0.2) is 41.2 Å². The highest BCUT2D eigenvalue weighted by molar-refractivity contribution is 6.66. The van der Waals surface area contributed by atoms with E-state index in [0.717, 1.165) is 6.42 Å². The molecular weight excluding hydrogens is 216 g/mol. The van der Waals surface area contributed by atoms with Crippen molar-refractivity contribution in [2.75, 3.05) is 21.3 Å². The molecule has 0 saturated carbocycles. The van der Waals surface area contributed by atoms with Crippen LogP contribution in [0.25, 0.3) is 0 Å². The zero-order valence-corrected chi connectivity index (χ0v) is 10.6. The fourth-order valence-corrected chi connectivity index (χ4v) is 2.70. The van der Waals surface area contributed by atoms with Gasteiger partial charge in [-0.05, 0) is 12.1 Å². The predicted molar refractivity (Wildman–Crippen MR) is 57.4 cm³/mol. The average molecular weight is 234 g/mol. The van der Waals surface area contributed by atoms with Crippen molar-refractivity contribution in [1.82, 2.24) is 0 Å². The van der Waals surface area contributed by atoms with Crippen LogP contribution < -0.4 is 0 Å². The molecule has 0 atom stereocenters. The molecular formula is C9H18O5Si. The Morgan fingerprint density at radius 1 is 1.27 bits per heavy atom. The first kappa shape index (κ1) is 14.3. The van der Waals surface area contributed by atoms with Crippen molar-refractivity contribution in [2.45, 2.75) is 19.8 Å². The first-order valence-corrected chi connectivity index (χ1v) is 6.45. The van der Waals surface area contributed by atoms with Crippen LogP contribution in [0.5, 0.6) is 0 Å². The Morgan fingerprint density at radius 3 is 2.00 bits per heavy atom. The van der Waals surface area contributed by atoms with Crippen molar-refractivity contribution in [2.24, 2.45) is 0 Å². The third-order valence-corrected chi connectivity index (χ3v) is 4.41. The van der Waals surface area contributed by atoms with Gasteiger partial charge < -0.3 is 18.4 Å². The second kappa shape index (κ2) is 6.73. The third kappa shape index (κ3) is 4.13. The molecule has 0 heterocycles. The third-order valence-electron chi connectivity index (χ3n) is 2.00. The van der Waals surface area contributed by atoms with E-state index < -0.39 is 14.8 Å². The molecule has 5 nitrogen and oxygen atoms in total. The van der Waals surface area contributed by atoms with Gasteiger partial charge in [-0.25, -0.2) is 4.79 Å². The second-order valence-electron chi connectivity index (χ2n) is 2.94. The lowest BCUT2D eigenvalue weighted by molar-refractivity contribution is -0.132. The largest absolute Gasteiger partial charge is 0.529 e. The first-order chi connectivity index (χ1) is 7.05. The normalized spacial score (nSPS) is 12.9. The van der Waals surface area contributed by atoms with Crippen molar-refractivity contribution in [3.63, 3.8) is 0 Å². The lowest BCUT2D eigenvalue weighted by Gasteiger charge is -2.21. The molecule has 0 aliphatic carbocycles. The van der Waals surface area contributed by atoms with E-state index in [1.807, 2.05) is 6.92 Å². The quantitative estimate of drug-likeness (QED) is 0.530. The summed E-state index contributed by atoms with van der Waals surface area (Å²) < 4.78 is 15.4. The Hall–Kier alpha value is -0.693. The van der Waals surface area contributed by atoms with Gasteiger partial charge in [-0.2, -0.15) is 0 Å². The van der Waals surface area contributed by atoms with Gasteiger partial charge in [-0.1, -0.05) is 13.3 Å². The number of carbonyl (C=O) groups is 1. The summed E-state index contributed by atoms with van der Waals surface area (Å²) in [5.41, 5.74) is 1.74. The van der Waals surface area contributed by atoms with Gasteiger partial charge in [0.05, 0.1) is 0 Å². The number of carboxylic acid groups (broad SMARTS) is 1. The summed E-state index contributed by atoms with van der Waals surface area (Å²) in [6.45, 7) is 1.91. The Balaban J connectivity index is 4.96. The standard InChI is InChI=1S/C9H18O5Si/c1-5-6-8(9(10)11)7-15(12-2,13-3)14-4/h7H,5-6H2,1-4H3,(H,10,11).